The van der Waals surface area contributed by atoms with Crippen molar-refractivity contribution in [3.63, 3.8) is 0 Å². The summed E-state index contributed by atoms with van der Waals surface area (Å²) < 4.78 is 5.12. The molecule has 0 aliphatic heterocycles. The van der Waals surface area contributed by atoms with Gasteiger partial charge >= 0.3 is 0 Å². The molecule has 0 aliphatic carbocycles. The highest BCUT2D eigenvalue weighted by atomic mass is 32.1. The van der Waals surface area contributed by atoms with Crippen molar-refractivity contribution in [2.24, 2.45) is 0 Å². The molecule has 0 saturated heterocycles. The van der Waals surface area contributed by atoms with Crippen LogP contribution in [0.15, 0.2) is 30.3 Å². The molecule has 8 heteroatoms. The zero-order chi connectivity index (χ0) is 19.6. The standard InChI is InChI=1S/C19H21N5O2S/c1-10(17-11(2)27-12(3)22-17)21-18(25)14-7-5-13(6-8-14)15-9-16(26-4)24-19(20)23-15/h5-10H,1-4H3,(H,21,25)(H2,20,23,24). The number of nitrogens with one attached hydrogen (secondary N) is 1. The van der Waals surface area contributed by atoms with E-state index in [2.05, 4.69) is 20.3 Å². The van der Waals surface area contributed by atoms with Crippen molar-refractivity contribution in [3.05, 3.63) is 51.5 Å². The molecule has 1 unspecified atom stereocenters. The monoisotopic (exact) mass is 383 g/mol. The van der Waals surface area contributed by atoms with E-state index in [1.54, 1.807) is 29.5 Å². The molecule has 1 aromatic carbocycles. The van der Waals surface area contributed by atoms with E-state index in [4.69, 9.17) is 10.5 Å². The van der Waals surface area contributed by atoms with Crippen LogP contribution < -0.4 is 15.8 Å². The summed E-state index contributed by atoms with van der Waals surface area (Å²) in [5, 5.41) is 3.99. The molecule has 7 nitrogen and oxygen atoms in total. The van der Waals surface area contributed by atoms with Gasteiger partial charge < -0.3 is 15.8 Å². The molecule has 0 aliphatic rings. The van der Waals surface area contributed by atoms with Crippen LogP contribution in [0.3, 0.4) is 0 Å². The van der Waals surface area contributed by atoms with Crippen molar-refractivity contribution in [2.45, 2.75) is 26.8 Å². The first-order valence-electron chi connectivity index (χ1n) is 8.41. The number of nitrogen functional groups attached to an aromatic ring is 1. The third-order valence-corrected chi connectivity index (χ3v) is 4.97. The van der Waals surface area contributed by atoms with E-state index in [0.717, 1.165) is 21.1 Å². The first-order chi connectivity index (χ1) is 12.9. The van der Waals surface area contributed by atoms with Gasteiger partial charge in [-0.15, -0.1) is 11.3 Å². The zero-order valence-electron chi connectivity index (χ0n) is 15.6. The Morgan fingerprint density at radius 1 is 1.19 bits per heavy atom. The topological polar surface area (TPSA) is 103 Å². The van der Waals surface area contributed by atoms with Crippen LogP contribution in [0.25, 0.3) is 11.3 Å². The van der Waals surface area contributed by atoms with Gasteiger partial charge in [0.1, 0.15) is 0 Å². The number of ether oxygens (including phenoxy) is 1. The molecule has 2 heterocycles. The minimum atomic E-state index is -0.159. The quantitative estimate of drug-likeness (QED) is 0.701. The number of nitrogens with zero attached hydrogens (tertiary/aromatic N) is 3. The van der Waals surface area contributed by atoms with Crippen molar-refractivity contribution in [2.75, 3.05) is 12.8 Å². The molecule has 140 valence electrons. The number of anilines is 1. The maximum Gasteiger partial charge on any atom is 0.251 e. The smallest absolute Gasteiger partial charge is 0.251 e. The Balaban J connectivity index is 1.76. The number of amides is 1. The number of nitrogens with two attached hydrogens (primary N) is 1. The summed E-state index contributed by atoms with van der Waals surface area (Å²) in [6, 6.07) is 8.68. The van der Waals surface area contributed by atoms with Crippen molar-refractivity contribution in [3.8, 4) is 17.1 Å². The Labute approximate surface area is 161 Å². The highest BCUT2D eigenvalue weighted by Crippen LogP contribution is 2.24. The van der Waals surface area contributed by atoms with E-state index in [-0.39, 0.29) is 17.9 Å². The Kier molecular flexibility index (Phi) is 5.36. The fraction of sp³-hybridized carbons (Fsp3) is 0.263. The van der Waals surface area contributed by atoms with Crippen LogP contribution in [0.4, 0.5) is 5.95 Å². The number of benzene rings is 1. The molecule has 0 fully saturated rings. The highest BCUT2D eigenvalue weighted by molar-refractivity contribution is 7.11. The normalized spacial score (nSPS) is 11.9. The Bertz CT molecular complexity index is 969. The minimum Gasteiger partial charge on any atom is -0.481 e. The summed E-state index contributed by atoms with van der Waals surface area (Å²) in [5.74, 6) is 0.370. The average Bonchev–Trinajstić information content (AvgIpc) is 2.99. The van der Waals surface area contributed by atoms with E-state index in [1.165, 1.54) is 7.11 Å². The second-order valence-corrected chi connectivity index (χ2v) is 7.51. The molecule has 0 radical (unpaired) electrons. The van der Waals surface area contributed by atoms with E-state index >= 15 is 0 Å². The molecule has 3 N–H and O–H groups in total. The van der Waals surface area contributed by atoms with Gasteiger partial charge in [0.2, 0.25) is 11.8 Å². The SMILES string of the molecule is COc1cc(-c2ccc(C(=O)NC(C)c3nc(C)sc3C)cc2)nc(N)n1. The number of hydrogen-bond donors (Lipinski definition) is 2. The Morgan fingerprint density at radius 2 is 1.89 bits per heavy atom. The Morgan fingerprint density at radius 3 is 2.48 bits per heavy atom. The molecule has 0 bridgehead atoms. The lowest BCUT2D eigenvalue weighted by Crippen LogP contribution is -2.27. The number of hydrogen-bond acceptors (Lipinski definition) is 7. The zero-order valence-corrected chi connectivity index (χ0v) is 16.4. The molecule has 1 amide bonds. The number of carbonyl (C=O) groups excluding carboxylic acids is 1. The molecule has 27 heavy (non-hydrogen) atoms. The molecular weight excluding hydrogens is 362 g/mol. The van der Waals surface area contributed by atoms with Gasteiger partial charge in [-0.3, -0.25) is 4.79 Å². The summed E-state index contributed by atoms with van der Waals surface area (Å²) in [5.41, 5.74) is 8.62. The molecule has 2 aromatic heterocycles. The first-order valence-corrected chi connectivity index (χ1v) is 9.22. The fourth-order valence-electron chi connectivity index (χ4n) is 2.78. The fourth-order valence-corrected chi connectivity index (χ4v) is 3.70. The van der Waals surface area contributed by atoms with Gasteiger partial charge in [0.15, 0.2) is 0 Å². The molecule has 3 rings (SSSR count). The van der Waals surface area contributed by atoms with Crippen LogP contribution in [-0.2, 0) is 0 Å². The van der Waals surface area contributed by atoms with Gasteiger partial charge in [0.25, 0.3) is 5.91 Å². The lowest BCUT2D eigenvalue weighted by atomic mass is 10.1. The second-order valence-electron chi connectivity index (χ2n) is 6.10. The van der Waals surface area contributed by atoms with Crippen molar-refractivity contribution in [1.82, 2.24) is 20.3 Å². The van der Waals surface area contributed by atoms with E-state index in [0.29, 0.717) is 17.1 Å². The number of aryl methyl sites for hydroxylation is 2. The lowest BCUT2D eigenvalue weighted by Gasteiger charge is -2.13. The van der Waals surface area contributed by atoms with E-state index < -0.39 is 0 Å². The van der Waals surface area contributed by atoms with Crippen LogP contribution in [0.5, 0.6) is 5.88 Å². The minimum absolute atomic E-state index is 0.133. The van der Waals surface area contributed by atoms with Crippen LogP contribution in [0.1, 0.15) is 38.9 Å². The number of aromatic nitrogens is 3. The summed E-state index contributed by atoms with van der Waals surface area (Å²) in [6.45, 7) is 5.91. The average molecular weight is 383 g/mol. The first kappa shape index (κ1) is 18.8. The summed E-state index contributed by atoms with van der Waals surface area (Å²) >= 11 is 1.63. The van der Waals surface area contributed by atoms with Crippen LogP contribution in [0.2, 0.25) is 0 Å². The number of thiazole rings is 1. The second kappa shape index (κ2) is 7.71. The van der Waals surface area contributed by atoms with Gasteiger partial charge in [-0.05, 0) is 32.9 Å². The van der Waals surface area contributed by atoms with E-state index in [1.807, 2.05) is 32.9 Å². The van der Waals surface area contributed by atoms with Gasteiger partial charge in [-0.25, -0.2) is 9.97 Å². The highest BCUT2D eigenvalue weighted by Gasteiger charge is 2.16. The molecular formula is C19H21N5O2S. The van der Waals surface area contributed by atoms with Gasteiger partial charge in [-0.2, -0.15) is 4.98 Å². The van der Waals surface area contributed by atoms with Crippen molar-refractivity contribution >= 4 is 23.2 Å². The van der Waals surface area contributed by atoms with Gasteiger partial charge in [-0.1, -0.05) is 12.1 Å². The number of methoxy groups -OCH3 is 1. The summed E-state index contributed by atoms with van der Waals surface area (Å²) in [7, 11) is 1.52. The lowest BCUT2D eigenvalue weighted by molar-refractivity contribution is 0.0939. The van der Waals surface area contributed by atoms with Crippen LogP contribution >= 0.6 is 11.3 Å². The maximum absolute atomic E-state index is 12.5. The predicted octanol–water partition coefficient (Wildman–Crippen LogP) is 3.30. The molecule has 3 aromatic rings. The van der Waals surface area contributed by atoms with Crippen molar-refractivity contribution < 1.29 is 9.53 Å². The molecule has 1 atom stereocenters. The van der Waals surface area contributed by atoms with Gasteiger partial charge in [0, 0.05) is 22.1 Å². The third-order valence-electron chi connectivity index (χ3n) is 4.07. The van der Waals surface area contributed by atoms with Crippen LogP contribution in [0, 0.1) is 13.8 Å². The summed E-state index contributed by atoms with van der Waals surface area (Å²) in [4.78, 5) is 26.3. The van der Waals surface area contributed by atoms with E-state index in [9.17, 15) is 4.79 Å². The Hall–Kier alpha value is -3.00. The van der Waals surface area contributed by atoms with Gasteiger partial charge in [0.05, 0.1) is 29.5 Å². The maximum atomic E-state index is 12.5. The predicted molar refractivity (Wildman–Crippen MR) is 106 cm³/mol. The third kappa shape index (κ3) is 4.22. The number of rotatable bonds is 5. The molecule has 0 spiro atoms. The largest absolute Gasteiger partial charge is 0.481 e. The number of carbonyl (C=O) groups is 1. The van der Waals surface area contributed by atoms with Crippen LogP contribution in [-0.4, -0.2) is 28.0 Å². The van der Waals surface area contributed by atoms with Crippen molar-refractivity contribution in [1.29, 1.82) is 0 Å². The molecule has 0 saturated carbocycles. The summed E-state index contributed by atoms with van der Waals surface area (Å²) in [6.07, 6.45) is 0.